The average Bonchev–Trinajstić information content (AvgIpc) is 3.09. The number of pyridine rings is 1. The number of hydrogen-bond donors (Lipinski definition) is 2. The summed E-state index contributed by atoms with van der Waals surface area (Å²) in [4.78, 5) is 15.4. The Hall–Kier alpha value is -4.15. The van der Waals surface area contributed by atoms with Gasteiger partial charge < -0.3 is 15.6 Å². The standard InChI is InChI=1S/C27H19IN4O3/c1-14-19(24-15(2)21(12-30)26(31)32-25(24)20(14)11-29)9-17-5-8-23(22(28)10-17)35-13-16-3-6-18(7-4-16)27(33)34/h3-10H,13H2,1-2H3,(H2,31,32)(H,33,34)/b19-9-. The van der Waals surface area contributed by atoms with E-state index in [1.807, 2.05) is 38.1 Å². The average molecular weight is 574 g/mol. The van der Waals surface area contributed by atoms with Gasteiger partial charge in [0.1, 0.15) is 30.3 Å². The van der Waals surface area contributed by atoms with Crippen molar-refractivity contribution in [2.24, 2.45) is 0 Å². The molecule has 2 aromatic carbocycles. The molecule has 1 aliphatic rings. The third kappa shape index (κ3) is 4.48. The van der Waals surface area contributed by atoms with Crippen LogP contribution in [-0.2, 0) is 6.61 Å². The van der Waals surface area contributed by atoms with Crippen LogP contribution in [0.4, 0.5) is 5.82 Å². The summed E-state index contributed by atoms with van der Waals surface area (Å²) in [5, 5.41) is 28.3. The number of halogens is 1. The highest BCUT2D eigenvalue weighted by atomic mass is 127. The van der Waals surface area contributed by atoms with Gasteiger partial charge in [-0.2, -0.15) is 10.5 Å². The van der Waals surface area contributed by atoms with E-state index in [-0.39, 0.29) is 11.4 Å². The first-order valence-electron chi connectivity index (χ1n) is 10.5. The molecular formula is C27H19IN4O3. The number of hydrogen-bond acceptors (Lipinski definition) is 6. The summed E-state index contributed by atoms with van der Waals surface area (Å²) < 4.78 is 6.83. The van der Waals surface area contributed by atoms with Gasteiger partial charge in [-0.3, -0.25) is 0 Å². The molecule has 0 bridgehead atoms. The predicted octanol–water partition coefficient (Wildman–Crippen LogP) is 5.58. The molecule has 0 aliphatic heterocycles. The predicted molar refractivity (Wildman–Crippen MR) is 141 cm³/mol. The highest BCUT2D eigenvalue weighted by Crippen LogP contribution is 2.44. The van der Waals surface area contributed by atoms with Gasteiger partial charge in [0.25, 0.3) is 0 Å². The van der Waals surface area contributed by atoms with Crippen molar-refractivity contribution in [2.75, 3.05) is 5.73 Å². The Morgan fingerprint density at radius 3 is 2.49 bits per heavy atom. The number of aromatic carboxylic acids is 1. The van der Waals surface area contributed by atoms with Gasteiger partial charge in [-0.25, -0.2) is 9.78 Å². The fourth-order valence-corrected chi connectivity index (χ4v) is 4.69. The van der Waals surface area contributed by atoms with E-state index in [0.29, 0.717) is 34.8 Å². The quantitative estimate of drug-likeness (QED) is 0.381. The Kier molecular flexibility index (Phi) is 6.59. The maximum Gasteiger partial charge on any atom is 0.335 e. The lowest BCUT2D eigenvalue weighted by atomic mass is 9.95. The third-order valence-corrected chi connectivity index (χ3v) is 6.69. The van der Waals surface area contributed by atoms with E-state index in [2.05, 4.69) is 39.7 Å². The summed E-state index contributed by atoms with van der Waals surface area (Å²) in [6, 6.07) is 16.7. The van der Waals surface area contributed by atoms with Crippen LogP contribution in [0, 0.1) is 33.2 Å². The van der Waals surface area contributed by atoms with E-state index < -0.39 is 5.97 Å². The van der Waals surface area contributed by atoms with Gasteiger partial charge in [0.05, 0.1) is 26.0 Å². The molecule has 0 amide bonds. The van der Waals surface area contributed by atoms with Gasteiger partial charge in [-0.15, -0.1) is 0 Å². The number of nitrogens with zero attached hydrogens (tertiary/aromatic N) is 3. The lowest BCUT2D eigenvalue weighted by molar-refractivity contribution is 0.0697. The Labute approximate surface area is 215 Å². The number of carbonyl (C=O) groups is 1. The van der Waals surface area contributed by atoms with Gasteiger partial charge in [-0.1, -0.05) is 18.2 Å². The molecule has 172 valence electrons. The van der Waals surface area contributed by atoms with Gasteiger partial charge in [0.15, 0.2) is 0 Å². The second kappa shape index (κ2) is 9.61. The van der Waals surface area contributed by atoms with E-state index in [1.54, 1.807) is 24.3 Å². The number of carboxylic acids is 1. The van der Waals surface area contributed by atoms with Crippen LogP contribution in [0.1, 0.15) is 50.8 Å². The number of rotatable bonds is 5. The molecule has 8 heteroatoms. The normalized spacial score (nSPS) is 13.3. The maximum absolute atomic E-state index is 11.0. The number of nitriles is 2. The highest BCUT2D eigenvalue weighted by Gasteiger charge is 2.29. The number of nitrogens with two attached hydrogens (primary N) is 1. The summed E-state index contributed by atoms with van der Waals surface area (Å²) in [7, 11) is 0. The number of benzene rings is 2. The molecule has 0 fully saturated rings. The van der Waals surface area contributed by atoms with Crippen LogP contribution in [0.2, 0.25) is 0 Å². The number of allylic oxidation sites excluding steroid dienone is 3. The van der Waals surface area contributed by atoms with E-state index in [0.717, 1.165) is 31.4 Å². The molecule has 0 saturated carbocycles. The van der Waals surface area contributed by atoms with Crippen LogP contribution in [0.3, 0.4) is 0 Å². The number of nitrogen functional groups attached to an aromatic ring is 1. The molecule has 35 heavy (non-hydrogen) atoms. The van der Waals surface area contributed by atoms with Crippen LogP contribution in [-0.4, -0.2) is 16.1 Å². The molecule has 0 atom stereocenters. The van der Waals surface area contributed by atoms with Gasteiger partial charge in [-0.05, 0) is 94.6 Å². The Balaban J connectivity index is 1.64. The van der Waals surface area contributed by atoms with Crippen molar-refractivity contribution < 1.29 is 14.6 Å². The largest absolute Gasteiger partial charge is 0.488 e. The first kappa shape index (κ1) is 24.0. The van der Waals surface area contributed by atoms with Crippen molar-refractivity contribution in [3.8, 4) is 17.9 Å². The molecule has 7 nitrogen and oxygen atoms in total. The first-order chi connectivity index (χ1) is 16.7. The molecule has 1 heterocycles. The fourth-order valence-electron chi connectivity index (χ4n) is 3.99. The number of ether oxygens (including phenoxy) is 1. The van der Waals surface area contributed by atoms with Crippen molar-refractivity contribution in [3.63, 3.8) is 0 Å². The van der Waals surface area contributed by atoms with E-state index in [4.69, 9.17) is 15.6 Å². The second-order valence-electron chi connectivity index (χ2n) is 7.98. The summed E-state index contributed by atoms with van der Waals surface area (Å²) in [5.74, 6) is -0.143. The molecule has 0 spiro atoms. The lowest BCUT2D eigenvalue weighted by Gasteiger charge is -2.12. The van der Waals surface area contributed by atoms with Crippen molar-refractivity contribution in [1.82, 2.24) is 4.98 Å². The van der Waals surface area contributed by atoms with Crippen LogP contribution in [0.15, 0.2) is 48.0 Å². The molecule has 4 rings (SSSR count). The zero-order chi connectivity index (χ0) is 25.3. The molecule has 0 saturated heterocycles. The minimum atomic E-state index is -0.966. The number of aromatic nitrogens is 1. The minimum absolute atomic E-state index is 0.124. The van der Waals surface area contributed by atoms with Gasteiger partial charge >= 0.3 is 5.97 Å². The smallest absolute Gasteiger partial charge is 0.335 e. The maximum atomic E-state index is 11.0. The zero-order valence-electron chi connectivity index (χ0n) is 18.9. The summed E-state index contributed by atoms with van der Waals surface area (Å²) in [6.07, 6.45) is 1.97. The van der Waals surface area contributed by atoms with Crippen LogP contribution >= 0.6 is 22.6 Å². The number of fused-ring (bicyclic) bond motifs is 1. The molecular weight excluding hydrogens is 555 g/mol. The van der Waals surface area contributed by atoms with E-state index >= 15 is 0 Å². The molecule has 0 radical (unpaired) electrons. The van der Waals surface area contributed by atoms with E-state index in [1.165, 1.54) is 0 Å². The Bertz CT molecular complexity index is 1520. The Morgan fingerprint density at radius 1 is 1.17 bits per heavy atom. The summed E-state index contributed by atoms with van der Waals surface area (Å²) >= 11 is 2.20. The second-order valence-corrected chi connectivity index (χ2v) is 9.15. The monoisotopic (exact) mass is 574 g/mol. The summed E-state index contributed by atoms with van der Waals surface area (Å²) in [5.41, 5.74) is 12.3. The summed E-state index contributed by atoms with van der Waals surface area (Å²) in [6.45, 7) is 3.99. The fraction of sp³-hybridized carbons (Fsp3) is 0.111. The first-order valence-corrected chi connectivity index (χ1v) is 11.6. The van der Waals surface area contributed by atoms with Crippen molar-refractivity contribution >= 4 is 51.6 Å². The number of carboxylic acid groups (broad SMARTS) is 1. The molecule has 1 aliphatic carbocycles. The Morgan fingerprint density at radius 2 is 1.89 bits per heavy atom. The van der Waals surface area contributed by atoms with Gasteiger partial charge in [0, 0.05) is 5.56 Å². The molecule has 3 aromatic rings. The van der Waals surface area contributed by atoms with Crippen LogP contribution < -0.4 is 10.5 Å². The topological polar surface area (TPSA) is 133 Å². The SMILES string of the molecule is CC1=C(C#N)c2nc(N)c(C#N)c(C)c2/C1=C\c1ccc(OCc2ccc(C(=O)O)cc2)c(I)c1. The number of anilines is 1. The lowest BCUT2D eigenvalue weighted by Crippen LogP contribution is -2.03. The van der Waals surface area contributed by atoms with Gasteiger partial charge in [0.2, 0.25) is 0 Å². The van der Waals surface area contributed by atoms with Crippen molar-refractivity contribution in [3.05, 3.63) is 90.7 Å². The van der Waals surface area contributed by atoms with Crippen LogP contribution in [0.5, 0.6) is 5.75 Å². The third-order valence-electron chi connectivity index (χ3n) is 5.85. The molecule has 0 unspecified atom stereocenters. The van der Waals surface area contributed by atoms with Crippen LogP contribution in [0.25, 0.3) is 17.2 Å². The highest BCUT2D eigenvalue weighted by molar-refractivity contribution is 14.1. The zero-order valence-corrected chi connectivity index (χ0v) is 21.0. The van der Waals surface area contributed by atoms with Crippen molar-refractivity contribution in [2.45, 2.75) is 20.5 Å². The molecule has 3 N–H and O–H groups in total. The minimum Gasteiger partial charge on any atom is -0.488 e. The van der Waals surface area contributed by atoms with Crippen molar-refractivity contribution in [1.29, 1.82) is 10.5 Å². The molecule has 1 aromatic heterocycles. The van der Waals surface area contributed by atoms with E-state index in [9.17, 15) is 15.3 Å².